The smallest absolute Gasteiger partial charge is 0.0833 e. The van der Waals surface area contributed by atoms with Crippen LogP contribution in [0.4, 0.5) is 0 Å². The van der Waals surface area contributed by atoms with Crippen molar-refractivity contribution in [1.29, 1.82) is 0 Å². The number of rotatable bonds is 7. The van der Waals surface area contributed by atoms with E-state index in [2.05, 4.69) is 43.4 Å². The molecule has 18 heavy (non-hydrogen) atoms. The summed E-state index contributed by atoms with van der Waals surface area (Å²) in [6.07, 6.45) is 3.05. The minimum Gasteiger partial charge on any atom is -0.388 e. The van der Waals surface area contributed by atoms with Gasteiger partial charge in [-0.3, -0.25) is 0 Å². The van der Waals surface area contributed by atoms with Crippen LogP contribution in [0.25, 0.3) is 0 Å². The molecule has 2 nitrogen and oxygen atoms in total. The summed E-state index contributed by atoms with van der Waals surface area (Å²) >= 11 is 1.68. The fraction of sp³-hybridized carbons (Fsp3) is 0.600. The highest BCUT2D eigenvalue weighted by molar-refractivity contribution is 7.98. The predicted octanol–water partition coefficient (Wildman–Crippen LogP) is 3.15. The van der Waals surface area contributed by atoms with Crippen LogP contribution in [-0.4, -0.2) is 29.3 Å². The van der Waals surface area contributed by atoms with Crippen LogP contribution < -0.4 is 5.32 Å². The number of thioether (sulfide) groups is 1. The van der Waals surface area contributed by atoms with Crippen LogP contribution in [0.1, 0.15) is 37.4 Å². The van der Waals surface area contributed by atoms with Gasteiger partial charge in [-0.2, -0.15) is 11.8 Å². The van der Waals surface area contributed by atoms with E-state index in [-0.39, 0.29) is 0 Å². The molecule has 2 unspecified atom stereocenters. The van der Waals surface area contributed by atoms with Crippen LogP contribution in [-0.2, 0) is 0 Å². The van der Waals surface area contributed by atoms with E-state index in [4.69, 9.17) is 0 Å². The first-order valence-electron chi connectivity index (χ1n) is 6.50. The maximum Gasteiger partial charge on any atom is 0.0833 e. The summed E-state index contributed by atoms with van der Waals surface area (Å²) in [5.74, 6) is 0.754. The quantitative estimate of drug-likeness (QED) is 0.796. The molecule has 0 amide bonds. The van der Waals surface area contributed by atoms with Gasteiger partial charge in [-0.15, -0.1) is 0 Å². The van der Waals surface area contributed by atoms with Gasteiger partial charge in [0.2, 0.25) is 0 Å². The maximum atomic E-state index is 10.2. The van der Waals surface area contributed by atoms with Crippen molar-refractivity contribution in [1.82, 2.24) is 5.32 Å². The normalized spacial score (nSPS) is 16.3. The van der Waals surface area contributed by atoms with Crippen molar-refractivity contribution in [3.05, 3.63) is 35.4 Å². The Morgan fingerprint density at radius 3 is 2.44 bits per heavy atom. The number of benzene rings is 1. The number of nitrogens with one attached hydrogen (secondary N) is 1. The van der Waals surface area contributed by atoms with Crippen LogP contribution in [0.3, 0.4) is 0 Å². The Morgan fingerprint density at radius 2 is 1.94 bits per heavy atom. The summed E-state index contributed by atoms with van der Waals surface area (Å²) in [4.78, 5) is 0. The minimum absolute atomic E-state index is 0.318. The van der Waals surface area contributed by atoms with Crippen LogP contribution in [0, 0.1) is 6.92 Å². The van der Waals surface area contributed by atoms with Gasteiger partial charge in [0.25, 0.3) is 0 Å². The van der Waals surface area contributed by atoms with E-state index in [1.165, 1.54) is 11.1 Å². The second-order valence-electron chi connectivity index (χ2n) is 5.18. The topological polar surface area (TPSA) is 32.3 Å². The molecule has 1 rings (SSSR count). The Morgan fingerprint density at radius 1 is 1.33 bits per heavy atom. The van der Waals surface area contributed by atoms with Crippen LogP contribution in [0.5, 0.6) is 0 Å². The standard InChI is InChI=1S/C15H25NOS/c1-5-14(13-8-6-12(2)7-9-13)16-10-15(3,17)11-18-4/h6-9,14,16-17H,5,10-11H2,1-4H3. The molecule has 0 saturated heterocycles. The zero-order valence-corrected chi connectivity index (χ0v) is 12.7. The van der Waals surface area contributed by atoms with E-state index in [1.807, 2.05) is 13.2 Å². The molecule has 0 spiro atoms. The van der Waals surface area contributed by atoms with E-state index in [0.717, 1.165) is 12.2 Å². The summed E-state index contributed by atoms with van der Waals surface area (Å²) in [5, 5.41) is 13.6. The Kier molecular flexibility index (Phi) is 6.19. The van der Waals surface area contributed by atoms with Gasteiger partial charge < -0.3 is 10.4 Å². The highest BCUT2D eigenvalue weighted by atomic mass is 32.2. The van der Waals surface area contributed by atoms with Gasteiger partial charge in [-0.05, 0) is 32.1 Å². The molecule has 0 fully saturated rings. The zero-order chi connectivity index (χ0) is 13.6. The monoisotopic (exact) mass is 267 g/mol. The first-order valence-corrected chi connectivity index (χ1v) is 7.89. The van der Waals surface area contributed by atoms with Crippen molar-refractivity contribution < 1.29 is 5.11 Å². The van der Waals surface area contributed by atoms with E-state index in [0.29, 0.717) is 12.6 Å². The molecule has 3 heteroatoms. The average Bonchev–Trinajstić information content (AvgIpc) is 2.32. The Labute approximate surface area is 115 Å². The molecule has 0 radical (unpaired) electrons. The van der Waals surface area contributed by atoms with Gasteiger partial charge in [0.15, 0.2) is 0 Å². The van der Waals surface area contributed by atoms with Crippen molar-refractivity contribution in [2.45, 2.75) is 38.8 Å². The van der Waals surface area contributed by atoms with Gasteiger partial charge in [-0.1, -0.05) is 36.8 Å². The summed E-state index contributed by atoms with van der Waals surface area (Å²) in [7, 11) is 0. The van der Waals surface area contributed by atoms with Crippen molar-refractivity contribution in [2.75, 3.05) is 18.6 Å². The number of aryl methyl sites for hydroxylation is 1. The number of hydrogen-bond acceptors (Lipinski definition) is 3. The molecule has 2 N–H and O–H groups in total. The van der Waals surface area contributed by atoms with E-state index in [1.54, 1.807) is 11.8 Å². The molecule has 0 aromatic heterocycles. The van der Waals surface area contributed by atoms with Crippen LogP contribution in [0.2, 0.25) is 0 Å². The highest BCUT2D eigenvalue weighted by Gasteiger charge is 2.21. The second-order valence-corrected chi connectivity index (χ2v) is 6.05. The fourth-order valence-corrected chi connectivity index (χ4v) is 2.73. The molecule has 0 saturated carbocycles. The lowest BCUT2D eigenvalue weighted by Gasteiger charge is -2.26. The predicted molar refractivity (Wildman–Crippen MR) is 81.2 cm³/mol. The fourth-order valence-electron chi connectivity index (χ4n) is 2.00. The van der Waals surface area contributed by atoms with Gasteiger partial charge >= 0.3 is 0 Å². The Balaban J connectivity index is 2.60. The minimum atomic E-state index is -0.641. The molecular weight excluding hydrogens is 242 g/mol. The van der Waals surface area contributed by atoms with Crippen LogP contribution in [0.15, 0.2) is 24.3 Å². The van der Waals surface area contributed by atoms with Crippen molar-refractivity contribution in [2.24, 2.45) is 0 Å². The second kappa shape index (κ2) is 7.17. The first kappa shape index (κ1) is 15.5. The largest absolute Gasteiger partial charge is 0.388 e. The lowest BCUT2D eigenvalue weighted by Crippen LogP contribution is -2.41. The summed E-state index contributed by atoms with van der Waals surface area (Å²) < 4.78 is 0. The molecular formula is C15H25NOS. The third-order valence-corrected chi connectivity index (χ3v) is 3.98. The van der Waals surface area contributed by atoms with Gasteiger partial charge in [0.05, 0.1) is 5.60 Å². The molecule has 0 aliphatic heterocycles. The van der Waals surface area contributed by atoms with Crippen molar-refractivity contribution in [3.8, 4) is 0 Å². The Bertz CT molecular complexity index is 348. The maximum absolute atomic E-state index is 10.2. The highest BCUT2D eigenvalue weighted by Crippen LogP contribution is 2.18. The molecule has 2 atom stereocenters. The van der Waals surface area contributed by atoms with Crippen molar-refractivity contribution in [3.63, 3.8) is 0 Å². The average molecular weight is 267 g/mol. The van der Waals surface area contributed by atoms with E-state index >= 15 is 0 Å². The van der Waals surface area contributed by atoms with Gasteiger partial charge in [-0.25, -0.2) is 0 Å². The van der Waals surface area contributed by atoms with Gasteiger partial charge in [0, 0.05) is 18.3 Å². The number of hydrogen-bond donors (Lipinski definition) is 2. The third kappa shape index (κ3) is 5.01. The lowest BCUT2D eigenvalue weighted by atomic mass is 10.0. The summed E-state index contributed by atoms with van der Waals surface area (Å²) in [6, 6.07) is 8.93. The van der Waals surface area contributed by atoms with E-state index in [9.17, 15) is 5.11 Å². The third-order valence-electron chi connectivity index (χ3n) is 3.07. The van der Waals surface area contributed by atoms with E-state index < -0.39 is 5.60 Å². The molecule has 102 valence electrons. The molecule has 1 aromatic carbocycles. The SMILES string of the molecule is CCC(NCC(C)(O)CSC)c1ccc(C)cc1. The Hall–Kier alpha value is -0.510. The lowest BCUT2D eigenvalue weighted by molar-refractivity contribution is 0.0812. The molecule has 0 aliphatic carbocycles. The number of aliphatic hydroxyl groups is 1. The van der Waals surface area contributed by atoms with Crippen molar-refractivity contribution >= 4 is 11.8 Å². The summed E-state index contributed by atoms with van der Waals surface area (Å²) in [5.41, 5.74) is 1.93. The van der Waals surface area contributed by atoms with Gasteiger partial charge in [0.1, 0.15) is 0 Å². The molecule has 0 aliphatic rings. The molecule has 0 bridgehead atoms. The first-order chi connectivity index (χ1) is 8.48. The molecule has 0 heterocycles. The molecule has 1 aromatic rings. The summed E-state index contributed by atoms with van der Waals surface area (Å²) in [6.45, 7) is 6.78. The van der Waals surface area contributed by atoms with Crippen LogP contribution >= 0.6 is 11.8 Å². The zero-order valence-electron chi connectivity index (χ0n) is 11.9.